The smallest absolute Gasteiger partial charge is 0.407 e. The van der Waals surface area contributed by atoms with Gasteiger partial charge in [-0.3, -0.25) is 19.8 Å². The maximum Gasteiger partial charge on any atom is 0.407 e. The topological polar surface area (TPSA) is 102 Å². The maximum absolute atomic E-state index is 13.6. The molecule has 10 heteroatoms. The van der Waals surface area contributed by atoms with Gasteiger partial charge < -0.3 is 15.3 Å². The first kappa shape index (κ1) is 27.5. The lowest BCUT2D eigenvalue weighted by Gasteiger charge is -2.42. The molecule has 0 aromatic heterocycles. The van der Waals surface area contributed by atoms with Crippen molar-refractivity contribution < 1.29 is 19.5 Å². The number of nitrogens with one attached hydrogen (secondary N) is 2. The van der Waals surface area contributed by atoms with E-state index < -0.39 is 29.9 Å². The number of hydrogen-bond donors (Lipinski definition) is 3. The van der Waals surface area contributed by atoms with Crippen LogP contribution < -0.4 is 10.6 Å². The molecule has 37 heavy (non-hydrogen) atoms. The van der Waals surface area contributed by atoms with Crippen LogP contribution in [-0.2, 0) is 4.79 Å². The molecule has 3 N–H and O–H groups in total. The highest BCUT2D eigenvalue weighted by molar-refractivity contribution is 6.45. The number of benzene rings is 2. The molecule has 0 spiro atoms. The van der Waals surface area contributed by atoms with Crippen molar-refractivity contribution in [3.8, 4) is 0 Å². The first-order chi connectivity index (χ1) is 17.6. The average Bonchev–Trinajstić information content (AvgIpc) is 2.87. The molecule has 2 aliphatic rings. The summed E-state index contributed by atoms with van der Waals surface area (Å²) in [5.74, 6) is -1.02. The molecule has 3 atom stereocenters. The molecule has 3 unspecified atom stereocenters. The predicted molar refractivity (Wildman–Crippen MR) is 144 cm³/mol. The molecule has 2 aliphatic heterocycles. The number of piperazine rings is 1. The Hall–Kier alpha value is -2.49. The summed E-state index contributed by atoms with van der Waals surface area (Å²) in [5.41, 5.74) is 2.97. The Bertz CT molecular complexity index is 1160. The number of piperidine rings is 1. The van der Waals surface area contributed by atoms with Crippen LogP contribution in [0.25, 0.3) is 0 Å². The Morgan fingerprint density at radius 3 is 2.30 bits per heavy atom. The summed E-state index contributed by atoms with van der Waals surface area (Å²) in [5, 5.41) is 17.3. The second kappa shape index (κ2) is 11.9. The summed E-state index contributed by atoms with van der Waals surface area (Å²) < 4.78 is 0. The van der Waals surface area contributed by atoms with Crippen LogP contribution in [-0.4, -0.2) is 77.5 Å². The maximum atomic E-state index is 13.6. The van der Waals surface area contributed by atoms with Gasteiger partial charge in [0.25, 0.3) is 0 Å². The summed E-state index contributed by atoms with van der Waals surface area (Å²) in [4.78, 5) is 42.4. The highest BCUT2D eigenvalue weighted by Gasteiger charge is 2.38. The molecular weight excluding hydrogens is 515 g/mol. The predicted octanol–water partition coefficient (Wildman–Crippen LogP) is 4.07. The molecule has 2 heterocycles. The Morgan fingerprint density at radius 1 is 1.00 bits per heavy atom. The molecule has 8 nitrogen and oxygen atoms in total. The van der Waals surface area contributed by atoms with Crippen LogP contribution in [0.3, 0.4) is 0 Å². The van der Waals surface area contributed by atoms with Crippen LogP contribution in [0, 0.1) is 13.8 Å². The number of carbonyl (C=O) groups excluding carboxylic acids is 2. The fourth-order valence-corrected chi connectivity index (χ4v) is 5.57. The SMILES string of the molecule is Cc1cc(C)cc(C(=O)C(=O)C(NC2CCN(C(=O)O)C(c3ccc(Cl)c(Cl)c3)C2)N2CCNCC2)c1. The van der Waals surface area contributed by atoms with Crippen LogP contribution in [0.4, 0.5) is 4.79 Å². The van der Waals surface area contributed by atoms with Gasteiger partial charge in [0, 0.05) is 44.3 Å². The first-order valence-electron chi connectivity index (χ1n) is 12.5. The Kier molecular flexibility index (Phi) is 8.87. The van der Waals surface area contributed by atoms with Gasteiger partial charge in [-0.2, -0.15) is 0 Å². The highest BCUT2D eigenvalue weighted by Crippen LogP contribution is 2.34. The summed E-state index contributed by atoms with van der Waals surface area (Å²) in [7, 11) is 0. The number of carboxylic acid groups (broad SMARTS) is 1. The molecule has 2 fully saturated rings. The quantitative estimate of drug-likeness (QED) is 0.355. The third-order valence-electron chi connectivity index (χ3n) is 7.04. The molecule has 2 aromatic carbocycles. The fraction of sp³-hybridized carbons (Fsp3) is 0.444. The van der Waals surface area contributed by atoms with Crippen molar-refractivity contribution in [2.24, 2.45) is 0 Å². The molecule has 198 valence electrons. The molecule has 4 rings (SSSR count). The summed E-state index contributed by atoms with van der Waals surface area (Å²) in [6.45, 7) is 6.76. The summed E-state index contributed by atoms with van der Waals surface area (Å²) in [6.07, 6.45) is -0.879. The number of halogens is 2. The standard InChI is InChI=1S/C27H32Cl2N4O4/c1-16-11-17(2)13-19(12-16)24(34)25(35)26(32-9-6-30-7-10-32)31-20-5-8-33(27(36)37)23(15-20)18-3-4-21(28)22(29)14-18/h3-4,11-14,20,23,26,30-31H,5-10,15H2,1-2H3,(H,36,37). The van der Waals surface area contributed by atoms with Gasteiger partial charge in [-0.05, 0) is 56.5 Å². The van der Waals surface area contributed by atoms with Gasteiger partial charge in [0.1, 0.15) is 6.17 Å². The zero-order valence-corrected chi connectivity index (χ0v) is 22.5. The third-order valence-corrected chi connectivity index (χ3v) is 7.78. The van der Waals surface area contributed by atoms with Gasteiger partial charge in [-0.15, -0.1) is 0 Å². The Balaban J connectivity index is 1.59. The Labute approximate surface area is 226 Å². The van der Waals surface area contributed by atoms with Gasteiger partial charge in [0.05, 0.1) is 16.1 Å². The molecule has 0 bridgehead atoms. The molecule has 1 amide bonds. The highest BCUT2D eigenvalue weighted by atomic mass is 35.5. The van der Waals surface area contributed by atoms with Gasteiger partial charge in [-0.25, -0.2) is 4.79 Å². The van der Waals surface area contributed by atoms with E-state index in [1.165, 1.54) is 4.90 Å². The van der Waals surface area contributed by atoms with E-state index in [-0.39, 0.29) is 12.6 Å². The number of aryl methyl sites for hydroxylation is 2. The van der Waals surface area contributed by atoms with Gasteiger partial charge >= 0.3 is 6.09 Å². The number of hydrogen-bond acceptors (Lipinski definition) is 6. The normalized spacial score (nSPS) is 21.5. The van der Waals surface area contributed by atoms with Crippen molar-refractivity contribution >= 4 is 40.9 Å². The van der Waals surface area contributed by atoms with Crippen molar-refractivity contribution in [2.75, 3.05) is 32.7 Å². The molecule has 0 saturated carbocycles. The van der Waals surface area contributed by atoms with Crippen molar-refractivity contribution in [1.82, 2.24) is 20.4 Å². The lowest BCUT2D eigenvalue weighted by Crippen LogP contribution is -2.61. The monoisotopic (exact) mass is 546 g/mol. The van der Waals surface area contributed by atoms with E-state index in [1.54, 1.807) is 30.3 Å². The van der Waals surface area contributed by atoms with E-state index in [0.29, 0.717) is 54.6 Å². The van der Waals surface area contributed by atoms with Crippen LogP contribution in [0.5, 0.6) is 0 Å². The fourth-order valence-electron chi connectivity index (χ4n) is 5.26. The average molecular weight is 547 g/mol. The third kappa shape index (κ3) is 6.51. The minimum atomic E-state index is -1.02. The van der Waals surface area contributed by atoms with E-state index in [2.05, 4.69) is 10.6 Å². The number of nitrogens with zero attached hydrogens (tertiary/aromatic N) is 2. The van der Waals surface area contributed by atoms with E-state index in [9.17, 15) is 19.5 Å². The second-order valence-corrected chi connectivity index (χ2v) is 10.6. The van der Waals surface area contributed by atoms with Crippen molar-refractivity contribution in [3.63, 3.8) is 0 Å². The van der Waals surface area contributed by atoms with Crippen LogP contribution in [0.15, 0.2) is 36.4 Å². The summed E-state index contributed by atoms with van der Waals surface area (Å²) in [6, 6.07) is 9.92. The van der Waals surface area contributed by atoms with Crippen LogP contribution in [0.1, 0.15) is 45.9 Å². The minimum Gasteiger partial charge on any atom is -0.465 e. The number of rotatable bonds is 7. The van der Waals surface area contributed by atoms with Gasteiger partial charge in [0.15, 0.2) is 0 Å². The van der Waals surface area contributed by atoms with Crippen LogP contribution >= 0.6 is 23.2 Å². The largest absolute Gasteiger partial charge is 0.465 e. The van der Waals surface area contributed by atoms with Crippen LogP contribution in [0.2, 0.25) is 10.0 Å². The number of amides is 1. The molecule has 0 aliphatic carbocycles. The summed E-state index contributed by atoms with van der Waals surface area (Å²) >= 11 is 12.3. The molecule has 2 aromatic rings. The van der Waals surface area contributed by atoms with E-state index in [4.69, 9.17) is 23.2 Å². The molecule has 0 radical (unpaired) electrons. The van der Waals surface area contributed by atoms with E-state index in [1.807, 2.05) is 24.8 Å². The van der Waals surface area contributed by atoms with Crippen molar-refractivity contribution in [2.45, 2.75) is 44.9 Å². The lowest BCUT2D eigenvalue weighted by molar-refractivity contribution is -0.122. The lowest BCUT2D eigenvalue weighted by atomic mass is 9.91. The minimum absolute atomic E-state index is 0.189. The van der Waals surface area contributed by atoms with Crippen molar-refractivity contribution in [3.05, 3.63) is 68.7 Å². The number of ketones is 2. The van der Waals surface area contributed by atoms with Gasteiger partial charge in [-0.1, -0.05) is 46.5 Å². The van der Waals surface area contributed by atoms with E-state index >= 15 is 0 Å². The Morgan fingerprint density at radius 2 is 1.68 bits per heavy atom. The second-order valence-electron chi connectivity index (χ2n) is 9.81. The number of carbonyl (C=O) groups is 3. The number of likely N-dealkylation sites (tertiary alicyclic amines) is 1. The number of Topliss-reactive ketones (excluding diaryl/α,β-unsaturated/α-hetero) is 2. The van der Waals surface area contributed by atoms with E-state index in [0.717, 1.165) is 16.7 Å². The zero-order chi connectivity index (χ0) is 26.7. The first-order valence-corrected chi connectivity index (χ1v) is 13.2. The zero-order valence-electron chi connectivity index (χ0n) is 21.0. The molecule has 2 saturated heterocycles. The molecular formula is C27H32Cl2N4O4. The van der Waals surface area contributed by atoms with Crippen molar-refractivity contribution in [1.29, 1.82) is 0 Å². The van der Waals surface area contributed by atoms with Gasteiger partial charge in [0.2, 0.25) is 11.6 Å².